The summed E-state index contributed by atoms with van der Waals surface area (Å²) in [6.07, 6.45) is 0.299. The summed E-state index contributed by atoms with van der Waals surface area (Å²) < 4.78 is 31.6. The molecule has 2 atom stereocenters. The number of thiazole rings is 1. The first-order chi connectivity index (χ1) is 10.3. The van der Waals surface area contributed by atoms with Crippen LogP contribution in [0.3, 0.4) is 0 Å². The molecule has 2 saturated heterocycles. The number of hydrogen-bond donors (Lipinski definition) is 3. The zero-order valence-electron chi connectivity index (χ0n) is 11.2. The number of rotatable bonds is 3. The van der Waals surface area contributed by atoms with Gasteiger partial charge in [-0.15, -0.1) is 11.3 Å². The van der Waals surface area contributed by atoms with E-state index in [0.29, 0.717) is 21.6 Å². The molecular weight excluding hydrogens is 357 g/mol. The summed E-state index contributed by atoms with van der Waals surface area (Å²) in [5.41, 5.74) is 6.09. The Morgan fingerprint density at radius 2 is 2.26 bits per heavy atom. The van der Waals surface area contributed by atoms with E-state index in [1.807, 2.05) is 0 Å². The van der Waals surface area contributed by atoms with Gasteiger partial charge in [0.15, 0.2) is 5.13 Å². The summed E-state index contributed by atoms with van der Waals surface area (Å²) in [5.74, 6) is -0.793. The van der Waals surface area contributed by atoms with Crippen LogP contribution in [0.2, 0.25) is 0 Å². The summed E-state index contributed by atoms with van der Waals surface area (Å²) in [6.45, 7) is 0.398. The van der Waals surface area contributed by atoms with Gasteiger partial charge in [0, 0.05) is 11.9 Å². The van der Waals surface area contributed by atoms with Gasteiger partial charge in [0.1, 0.15) is 6.04 Å². The van der Waals surface area contributed by atoms with Crippen LogP contribution in [0.5, 0.6) is 0 Å². The molecule has 1 aromatic heterocycles. The zero-order chi connectivity index (χ0) is 16.1. The van der Waals surface area contributed by atoms with Gasteiger partial charge < -0.3 is 16.0 Å². The van der Waals surface area contributed by atoms with Crippen molar-refractivity contribution in [2.24, 2.45) is 0 Å². The average Bonchev–Trinajstić information content (AvgIpc) is 2.98. The Hall–Kier alpha value is -0.920. The van der Waals surface area contributed by atoms with Crippen LogP contribution < -0.4 is 11.1 Å². The summed E-state index contributed by atoms with van der Waals surface area (Å²) in [4.78, 5) is 29.2. The Balaban J connectivity index is 0.00000192. The molecule has 0 aliphatic carbocycles. The van der Waals surface area contributed by atoms with E-state index in [-0.39, 0.29) is 42.6 Å². The Labute approximate surface area is 158 Å². The predicted octanol–water partition coefficient (Wildman–Crippen LogP) is -1.63. The molecule has 10 nitrogen and oxygen atoms in total. The van der Waals surface area contributed by atoms with Crippen molar-refractivity contribution >= 4 is 68.3 Å². The molecule has 3 rings (SSSR count). The summed E-state index contributed by atoms with van der Waals surface area (Å²) in [5, 5.41) is 4.70. The third kappa shape index (κ3) is 3.32. The first-order valence-corrected chi connectivity index (χ1v) is 8.61. The number of aromatic nitrogens is 1. The number of nitrogens with one attached hydrogen (secondary N) is 1. The van der Waals surface area contributed by atoms with Gasteiger partial charge >= 0.3 is 45.9 Å². The van der Waals surface area contributed by atoms with Crippen LogP contribution >= 0.6 is 11.3 Å². The summed E-state index contributed by atoms with van der Waals surface area (Å²) >= 11 is 1.25. The van der Waals surface area contributed by atoms with Crippen LogP contribution in [0.25, 0.3) is 0 Å². The number of hydrogen-bond acceptors (Lipinski definition) is 7. The second-order valence-corrected chi connectivity index (χ2v) is 7.12. The minimum absolute atomic E-state index is 0. The number of nitrogens with zero attached hydrogens (tertiary/aromatic N) is 3. The molecule has 0 saturated carbocycles. The van der Waals surface area contributed by atoms with Crippen molar-refractivity contribution in [2.75, 3.05) is 12.3 Å². The van der Waals surface area contributed by atoms with Gasteiger partial charge in [-0.05, 0) is 6.42 Å². The molecule has 0 radical (unpaired) electrons. The number of likely N-dealkylation sites (tertiary alicyclic amines) is 1. The maximum atomic E-state index is 12.1. The van der Waals surface area contributed by atoms with Crippen molar-refractivity contribution in [3.05, 3.63) is 11.1 Å². The van der Waals surface area contributed by atoms with E-state index in [9.17, 15) is 18.0 Å². The normalized spacial score (nSPS) is 23.1. The van der Waals surface area contributed by atoms with E-state index >= 15 is 0 Å². The molecule has 13 heteroatoms. The van der Waals surface area contributed by atoms with Gasteiger partial charge in [-0.25, -0.2) is 14.1 Å². The van der Waals surface area contributed by atoms with Gasteiger partial charge in [0.25, 0.3) is 5.91 Å². The third-order valence-electron chi connectivity index (χ3n) is 3.64. The number of fused-ring (bicyclic) bond motifs is 1. The molecule has 0 unspecified atom stereocenters. The van der Waals surface area contributed by atoms with Crippen molar-refractivity contribution in [1.29, 1.82) is 0 Å². The topological polar surface area (TPSA) is 146 Å². The fraction of sp³-hybridized carbons (Fsp3) is 0.500. The quantitative estimate of drug-likeness (QED) is 0.329. The Morgan fingerprint density at radius 1 is 1.57 bits per heavy atom. The first-order valence-electron chi connectivity index (χ1n) is 6.34. The van der Waals surface area contributed by atoms with Crippen molar-refractivity contribution in [3.63, 3.8) is 0 Å². The molecule has 3 heterocycles. The molecule has 0 aromatic carbocycles. The number of carbonyl (C=O) groups is 2. The van der Waals surface area contributed by atoms with Crippen LogP contribution in [0.4, 0.5) is 9.93 Å². The standard InChI is InChI=1S/C10H13N5O5S2.Na.H/c11-9-13-5(4-21-9)3-12-10(17)14-2-1-6-7(14)8(16)15(6)22(18,19)20;;/h4,6-7H,1-3H2,(H2,11,13)(H,12,17)(H,18,19,20);;/t6-,7+;;/m1../s1. The monoisotopic (exact) mass is 371 g/mol. The van der Waals surface area contributed by atoms with Gasteiger partial charge in [0.2, 0.25) is 0 Å². The molecule has 122 valence electrons. The predicted molar refractivity (Wildman–Crippen MR) is 83.2 cm³/mol. The van der Waals surface area contributed by atoms with Gasteiger partial charge in [-0.2, -0.15) is 8.42 Å². The van der Waals surface area contributed by atoms with Crippen LogP contribution in [0.15, 0.2) is 5.38 Å². The second kappa shape index (κ2) is 6.53. The molecular formula is C10H14N5NaO5S2. The second-order valence-electron chi connectivity index (χ2n) is 4.94. The van der Waals surface area contributed by atoms with E-state index in [0.717, 1.165) is 0 Å². The first kappa shape index (κ1) is 18.4. The van der Waals surface area contributed by atoms with Crippen molar-refractivity contribution in [2.45, 2.75) is 25.0 Å². The van der Waals surface area contributed by atoms with Crippen molar-refractivity contribution < 1.29 is 22.6 Å². The van der Waals surface area contributed by atoms with E-state index in [2.05, 4.69) is 10.3 Å². The van der Waals surface area contributed by atoms with E-state index in [1.165, 1.54) is 16.2 Å². The number of amides is 3. The number of nitrogen functional groups attached to an aromatic ring is 1. The Bertz CT molecular complexity index is 738. The van der Waals surface area contributed by atoms with Gasteiger partial charge in [-0.3, -0.25) is 9.35 Å². The Morgan fingerprint density at radius 3 is 2.83 bits per heavy atom. The molecule has 0 bridgehead atoms. The van der Waals surface area contributed by atoms with Gasteiger partial charge in [-0.1, -0.05) is 0 Å². The Kier molecular flexibility index (Phi) is 5.23. The van der Waals surface area contributed by atoms with Crippen LogP contribution in [-0.4, -0.2) is 87.3 Å². The maximum absolute atomic E-state index is 12.1. The molecule has 2 fully saturated rings. The number of anilines is 1. The minimum atomic E-state index is -4.57. The van der Waals surface area contributed by atoms with Crippen LogP contribution in [-0.2, 0) is 21.6 Å². The SMILES string of the molecule is Nc1nc(CNC(=O)N2CC[C@@H]3[C@H]2C(=O)N3S(=O)(=O)O)cs1.[NaH]. The van der Waals surface area contributed by atoms with E-state index in [4.69, 9.17) is 10.3 Å². The van der Waals surface area contributed by atoms with E-state index in [1.54, 1.807) is 5.38 Å². The fourth-order valence-corrected chi connectivity index (χ4v) is 4.18. The van der Waals surface area contributed by atoms with Crippen LogP contribution in [0.1, 0.15) is 12.1 Å². The van der Waals surface area contributed by atoms with Crippen molar-refractivity contribution in [1.82, 2.24) is 19.5 Å². The number of nitrogens with two attached hydrogens (primary N) is 1. The summed E-state index contributed by atoms with van der Waals surface area (Å²) in [7, 11) is -4.57. The molecule has 0 spiro atoms. The molecule has 23 heavy (non-hydrogen) atoms. The van der Waals surface area contributed by atoms with E-state index < -0.39 is 34.3 Å². The number of carbonyl (C=O) groups excluding carboxylic acids is 2. The number of urea groups is 1. The molecule has 2 aliphatic heterocycles. The zero-order valence-corrected chi connectivity index (χ0v) is 12.8. The van der Waals surface area contributed by atoms with Crippen LogP contribution in [0, 0.1) is 0 Å². The molecule has 2 aliphatic rings. The van der Waals surface area contributed by atoms with Gasteiger partial charge in [0.05, 0.1) is 18.3 Å². The average molecular weight is 371 g/mol. The summed E-state index contributed by atoms with van der Waals surface area (Å²) in [6, 6.07) is -2.02. The number of β-lactam (4-membered cyclic amide) rings is 1. The third-order valence-corrected chi connectivity index (χ3v) is 5.31. The fourth-order valence-electron chi connectivity index (χ4n) is 2.72. The molecule has 4 N–H and O–H groups in total. The van der Waals surface area contributed by atoms with Crippen molar-refractivity contribution in [3.8, 4) is 0 Å². The molecule has 1 aromatic rings. The molecule has 3 amide bonds.